The fraction of sp³-hybridized carbons (Fsp3) is 0.462. The van der Waals surface area contributed by atoms with Crippen molar-refractivity contribution in [1.29, 1.82) is 0 Å². The lowest BCUT2D eigenvalue weighted by molar-refractivity contribution is -0.125. The summed E-state index contributed by atoms with van der Waals surface area (Å²) in [5.74, 6) is -0.133. The number of hydrogen-bond acceptors (Lipinski definition) is 3. The number of nitrogens with one attached hydrogen (secondary N) is 1. The van der Waals surface area contributed by atoms with Crippen LogP contribution in [-0.2, 0) is 22.7 Å². The second-order valence-electron chi connectivity index (χ2n) is 3.76. The minimum absolute atomic E-state index is 0.0155. The molecule has 0 saturated carbocycles. The third kappa shape index (κ3) is 4.97. The quantitative estimate of drug-likeness (QED) is 0.701. The molecule has 0 aliphatic rings. The lowest BCUT2D eigenvalue weighted by atomic mass is 10.1. The molecule has 0 aliphatic heterocycles. The number of rotatable bonds is 7. The van der Waals surface area contributed by atoms with Gasteiger partial charge < -0.3 is 15.2 Å². The van der Waals surface area contributed by atoms with Crippen LogP contribution in [0.15, 0.2) is 24.3 Å². The minimum atomic E-state index is -0.133. The minimum Gasteiger partial charge on any atom is -0.392 e. The normalized spacial score (nSPS) is 10.2. The molecule has 4 heteroatoms. The number of carbonyl (C=O) groups excluding carboxylic acids is 1. The summed E-state index contributed by atoms with van der Waals surface area (Å²) in [5, 5.41) is 11.9. The Labute approximate surface area is 102 Å². The second-order valence-corrected chi connectivity index (χ2v) is 3.76. The Morgan fingerprint density at radius 1 is 1.35 bits per heavy atom. The first-order valence-corrected chi connectivity index (χ1v) is 5.80. The van der Waals surface area contributed by atoms with Gasteiger partial charge in [-0.05, 0) is 17.5 Å². The Hall–Kier alpha value is -1.39. The van der Waals surface area contributed by atoms with Gasteiger partial charge in [0.15, 0.2) is 0 Å². The molecule has 0 saturated heterocycles. The van der Waals surface area contributed by atoms with Crippen molar-refractivity contribution >= 4 is 5.91 Å². The molecule has 0 unspecified atom stereocenters. The van der Waals surface area contributed by atoms with Crippen molar-refractivity contribution < 1.29 is 14.6 Å². The van der Waals surface area contributed by atoms with E-state index in [4.69, 9.17) is 9.84 Å². The highest BCUT2D eigenvalue weighted by Gasteiger charge is 2.03. The van der Waals surface area contributed by atoms with Crippen LogP contribution >= 0.6 is 0 Å². The van der Waals surface area contributed by atoms with Gasteiger partial charge in [0, 0.05) is 13.2 Å². The van der Waals surface area contributed by atoms with Gasteiger partial charge in [0.25, 0.3) is 0 Å². The summed E-state index contributed by atoms with van der Waals surface area (Å²) >= 11 is 0. The largest absolute Gasteiger partial charge is 0.392 e. The zero-order valence-electron chi connectivity index (χ0n) is 10.1. The summed E-state index contributed by atoms with van der Waals surface area (Å²) < 4.78 is 5.13. The molecule has 0 fully saturated rings. The number of aliphatic hydroxyl groups excluding tert-OH is 1. The molecule has 1 aromatic carbocycles. The molecule has 17 heavy (non-hydrogen) atoms. The van der Waals surface area contributed by atoms with Crippen molar-refractivity contribution in [2.45, 2.75) is 26.5 Å². The predicted molar refractivity (Wildman–Crippen MR) is 65.3 cm³/mol. The van der Waals surface area contributed by atoms with E-state index < -0.39 is 0 Å². The van der Waals surface area contributed by atoms with Gasteiger partial charge in [-0.25, -0.2) is 0 Å². The molecule has 0 aromatic heterocycles. The highest BCUT2D eigenvalue weighted by atomic mass is 16.5. The van der Waals surface area contributed by atoms with Crippen LogP contribution in [0.4, 0.5) is 0 Å². The molecule has 0 atom stereocenters. The number of hydrogen-bond donors (Lipinski definition) is 2. The standard InChI is InChI=1S/C13H19NO3/c1-2-7-17-10-13(16)14-8-11-5-3-4-6-12(11)9-15/h3-6,15H,2,7-10H2,1H3,(H,14,16). The summed E-state index contributed by atoms with van der Waals surface area (Å²) in [6.45, 7) is 3.09. The SMILES string of the molecule is CCCOCC(=O)NCc1ccccc1CO. The van der Waals surface area contributed by atoms with Gasteiger partial charge in [0.1, 0.15) is 6.61 Å². The zero-order chi connectivity index (χ0) is 12.5. The number of benzene rings is 1. The molecule has 0 heterocycles. The molecule has 0 spiro atoms. The summed E-state index contributed by atoms with van der Waals surface area (Å²) in [4.78, 5) is 11.4. The molecule has 1 rings (SSSR count). The van der Waals surface area contributed by atoms with Gasteiger partial charge in [-0.2, -0.15) is 0 Å². The van der Waals surface area contributed by atoms with E-state index in [-0.39, 0.29) is 19.1 Å². The average Bonchev–Trinajstić information content (AvgIpc) is 2.37. The first kappa shape index (κ1) is 13.7. The average molecular weight is 237 g/mol. The van der Waals surface area contributed by atoms with Crippen molar-refractivity contribution in [3.63, 3.8) is 0 Å². The van der Waals surface area contributed by atoms with E-state index in [9.17, 15) is 4.79 Å². The fourth-order valence-electron chi connectivity index (χ4n) is 1.44. The molecular formula is C13H19NO3. The van der Waals surface area contributed by atoms with Gasteiger partial charge in [0.2, 0.25) is 5.91 Å². The lowest BCUT2D eigenvalue weighted by Crippen LogP contribution is -2.27. The second kappa shape index (κ2) is 7.81. The van der Waals surface area contributed by atoms with E-state index >= 15 is 0 Å². The summed E-state index contributed by atoms with van der Waals surface area (Å²) in [5.41, 5.74) is 1.76. The number of carbonyl (C=O) groups is 1. The third-order valence-electron chi connectivity index (χ3n) is 2.35. The van der Waals surface area contributed by atoms with Crippen molar-refractivity contribution in [3.05, 3.63) is 35.4 Å². The molecule has 94 valence electrons. The first-order valence-electron chi connectivity index (χ1n) is 5.80. The highest BCUT2D eigenvalue weighted by Crippen LogP contribution is 2.07. The Morgan fingerprint density at radius 3 is 2.71 bits per heavy atom. The van der Waals surface area contributed by atoms with Crippen molar-refractivity contribution in [3.8, 4) is 0 Å². The molecule has 0 bridgehead atoms. The van der Waals surface area contributed by atoms with Crippen LogP contribution in [0.1, 0.15) is 24.5 Å². The third-order valence-corrected chi connectivity index (χ3v) is 2.35. The molecule has 0 aliphatic carbocycles. The first-order chi connectivity index (χ1) is 8.27. The van der Waals surface area contributed by atoms with Crippen molar-refractivity contribution in [2.24, 2.45) is 0 Å². The predicted octanol–water partition coefficient (Wildman–Crippen LogP) is 1.22. The molecule has 4 nitrogen and oxygen atoms in total. The number of aliphatic hydroxyl groups is 1. The van der Waals surface area contributed by atoms with Gasteiger partial charge >= 0.3 is 0 Å². The topological polar surface area (TPSA) is 58.6 Å². The number of ether oxygens (including phenoxy) is 1. The van der Waals surface area contributed by atoms with E-state index in [0.717, 1.165) is 17.5 Å². The zero-order valence-corrected chi connectivity index (χ0v) is 10.1. The van der Waals surface area contributed by atoms with Crippen molar-refractivity contribution in [1.82, 2.24) is 5.32 Å². The van der Waals surface area contributed by atoms with Gasteiger partial charge in [-0.15, -0.1) is 0 Å². The van der Waals surface area contributed by atoms with Crippen LogP contribution in [0.5, 0.6) is 0 Å². The lowest BCUT2D eigenvalue weighted by Gasteiger charge is -2.09. The van der Waals surface area contributed by atoms with Gasteiger partial charge in [-0.3, -0.25) is 4.79 Å². The summed E-state index contributed by atoms with van der Waals surface area (Å²) in [7, 11) is 0. The Balaban J connectivity index is 2.36. The maximum Gasteiger partial charge on any atom is 0.246 e. The summed E-state index contributed by atoms with van der Waals surface area (Å²) in [6.07, 6.45) is 0.903. The molecule has 1 aromatic rings. The molecule has 1 amide bonds. The Bertz CT molecular complexity index is 352. The van der Waals surface area contributed by atoms with Gasteiger partial charge in [-0.1, -0.05) is 31.2 Å². The van der Waals surface area contributed by atoms with E-state index in [0.29, 0.717) is 13.2 Å². The van der Waals surface area contributed by atoms with Crippen LogP contribution in [0.2, 0.25) is 0 Å². The van der Waals surface area contributed by atoms with Crippen LogP contribution in [0.25, 0.3) is 0 Å². The highest BCUT2D eigenvalue weighted by molar-refractivity contribution is 5.77. The monoisotopic (exact) mass is 237 g/mol. The fourth-order valence-corrected chi connectivity index (χ4v) is 1.44. The van der Waals surface area contributed by atoms with Crippen molar-refractivity contribution in [2.75, 3.05) is 13.2 Å². The van der Waals surface area contributed by atoms with E-state index in [2.05, 4.69) is 5.32 Å². The molecule has 2 N–H and O–H groups in total. The van der Waals surface area contributed by atoms with E-state index in [1.54, 1.807) is 0 Å². The summed E-state index contributed by atoms with van der Waals surface area (Å²) in [6, 6.07) is 7.48. The molecular weight excluding hydrogens is 218 g/mol. The number of amides is 1. The Morgan fingerprint density at radius 2 is 2.06 bits per heavy atom. The van der Waals surface area contributed by atoms with Crippen LogP contribution in [0, 0.1) is 0 Å². The Kier molecular flexibility index (Phi) is 6.29. The molecule has 0 radical (unpaired) electrons. The van der Waals surface area contributed by atoms with Crippen LogP contribution in [-0.4, -0.2) is 24.2 Å². The van der Waals surface area contributed by atoms with Crippen LogP contribution < -0.4 is 5.32 Å². The maximum absolute atomic E-state index is 11.4. The van der Waals surface area contributed by atoms with E-state index in [1.165, 1.54) is 0 Å². The maximum atomic E-state index is 11.4. The van der Waals surface area contributed by atoms with E-state index in [1.807, 2.05) is 31.2 Å². The van der Waals surface area contributed by atoms with Crippen LogP contribution in [0.3, 0.4) is 0 Å². The smallest absolute Gasteiger partial charge is 0.246 e. The van der Waals surface area contributed by atoms with Gasteiger partial charge in [0.05, 0.1) is 6.61 Å².